The average Bonchev–Trinajstić information content (AvgIpc) is 2.67. The van der Waals surface area contributed by atoms with E-state index < -0.39 is 0 Å². The molecule has 0 amide bonds. The van der Waals surface area contributed by atoms with E-state index in [2.05, 4.69) is 50.2 Å². The van der Waals surface area contributed by atoms with Crippen LogP contribution in [-0.4, -0.2) is 20.2 Å². The minimum Gasteiger partial charge on any atom is -0.224 e. The second-order valence-corrected chi connectivity index (χ2v) is 3.63. The third-order valence-corrected chi connectivity index (χ3v) is 2.58. The molecule has 0 saturated heterocycles. The topological polar surface area (TPSA) is 43.6 Å². The van der Waals surface area contributed by atoms with Crippen LogP contribution in [0.3, 0.4) is 0 Å². The normalized spacial score (nSPS) is 10.4. The quantitative estimate of drug-likeness (QED) is 0.639. The van der Waals surface area contributed by atoms with Crippen molar-refractivity contribution in [3.63, 3.8) is 0 Å². The Kier molecular flexibility index (Phi) is 3.07. The SMILES string of the molecule is ICc1nnnn1Cc1ccccc1. The molecule has 2 rings (SSSR count). The first-order valence-electron chi connectivity index (χ1n) is 4.25. The van der Waals surface area contributed by atoms with Crippen molar-refractivity contribution in [2.24, 2.45) is 0 Å². The number of benzene rings is 1. The highest BCUT2D eigenvalue weighted by Gasteiger charge is 2.03. The van der Waals surface area contributed by atoms with Crippen molar-refractivity contribution >= 4 is 22.6 Å². The van der Waals surface area contributed by atoms with Gasteiger partial charge in [-0.25, -0.2) is 4.68 Å². The fourth-order valence-electron chi connectivity index (χ4n) is 1.20. The van der Waals surface area contributed by atoms with Gasteiger partial charge >= 0.3 is 0 Å². The molecule has 0 aliphatic carbocycles. The van der Waals surface area contributed by atoms with Crippen LogP contribution in [0.2, 0.25) is 0 Å². The van der Waals surface area contributed by atoms with Crippen molar-refractivity contribution in [2.45, 2.75) is 11.0 Å². The summed E-state index contributed by atoms with van der Waals surface area (Å²) in [7, 11) is 0. The molecule has 4 nitrogen and oxygen atoms in total. The van der Waals surface area contributed by atoms with E-state index in [1.807, 2.05) is 22.9 Å². The second kappa shape index (κ2) is 4.50. The van der Waals surface area contributed by atoms with Gasteiger partial charge in [0.05, 0.1) is 11.0 Å². The molecule has 1 aromatic carbocycles. The van der Waals surface area contributed by atoms with E-state index in [4.69, 9.17) is 0 Å². The lowest BCUT2D eigenvalue weighted by molar-refractivity contribution is 0.632. The summed E-state index contributed by atoms with van der Waals surface area (Å²) in [4.78, 5) is 0. The van der Waals surface area contributed by atoms with Crippen LogP contribution in [0.25, 0.3) is 0 Å². The molecule has 0 aliphatic heterocycles. The van der Waals surface area contributed by atoms with Gasteiger partial charge in [-0.05, 0) is 16.0 Å². The average molecular weight is 300 g/mol. The maximum absolute atomic E-state index is 3.93. The Hall–Kier alpha value is -0.980. The third-order valence-electron chi connectivity index (χ3n) is 1.90. The van der Waals surface area contributed by atoms with Crippen molar-refractivity contribution in [2.75, 3.05) is 0 Å². The third kappa shape index (κ3) is 2.09. The molecule has 0 atom stereocenters. The molecule has 2 aromatic rings. The minimum atomic E-state index is 0.742. The van der Waals surface area contributed by atoms with E-state index in [9.17, 15) is 0 Å². The summed E-state index contributed by atoms with van der Waals surface area (Å²) in [6.45, 7) is 0.742. The van der Waals surface area contributed by atoms with E-state index >= 15 is 0 Å². The first-order valence-corrected chi connectivity index (χ1v) is 5.77. The van der Waals surface area contributed by atoms with Crippen LogP contribution in [0, 0.1) is 0 Å². The molecular formula is C9H9IN4. The monoisotopic (exact) mass is 300 g/mol. The predicted octanol–water partition coefficient (Wildman–Crippen LogP) is 1.66. The van der Waals surface area contributed by atoms with E-state index in [0.29, 0.717) is 0 Å². The van der Waals surface area contributed by atoms with Crippen molar-refractivity contribution < 1.29 is 0 Å². The van der Waals surface area contributed by atoms with Crippen LogP contribution in [0.4, 0.5) is 0 Å². The molecule has 1 aromatic heterocycles. The van der Waals surface area contributed by atoms with E-state index in [-0.39, 0.29) is 0 Å². The fourth-order valence-corrected chi connectivity index (χ4v) is 1.74. The van der Waals surface area contributed by atoms with Crippen LogP contribution < -0.4 is 0 Å². The molecule has 1 heterocycles. The van der Waals surface area contributed by atoms with Gasteiger partial charge in [0.1, 0.15) is 0 Å². The van der Waals surface area contributed by atoms with Crippen molar-refractivity contribution in [1.82, 2.24) is 20.2 Å². The van der Waals surface area contributed by atoms with Gasteiger partial charge in [0, 0.05) is 0 Å². The Balaban J connectivity index is 2.19. The van der Waals surface area contributed by atoms with Crippen LogP contribution in [-0.2, 0) is 11.0 Å². The molecule has 0 bridgehead atoms. The van der Waals surface area contributed by atoms with E-state index in [0.717, 1.165) is 16.8 Å². The minimum absolute atomic E-state index is 0.742. The molecule has 0 aliphatic rings. The molecule has 0 spiro atoms. The molecule has 0 radical (unpaired) electrons. The summed E-state index contributed by atoms with van der Waals surface area (Å²) in [5.74, 6) is 0.912. The van der Waals surface area contributed by atoms with Crippen LogP contribution in [0.1, 0.15) is 11.4 Å². The summed E-state index contributed by atoms with van der Waals surface area (Å²) in [5.41, 5.74) is 1.21. The van der Waals surface area contributed by atoms with E-state index in [1.165, 1.54) is 5.56 Å². The number of halogens is 1. The number of rotatable bonds is 3. The van der Waals surface area contributed by atoms with Crippen LogP contribution >= 0.6 is 22.6 Å². The largest absolute Gasteiger partial charge is 0.224 e. The molecule has 0 fully saturated rings. The van der Waals surface area contributed by atoms with Gasteiger partial charge in [0.2, 0.25) is 0 Å². The van der Waals surface area contributed by atoms with Crippen molar-refractivity contribution in [3.05, 3.63) is 41.7 Å². The van der Waals surface area contributed by atoms with E-state index in [1.54, 1.807) is 0 Å². The number of nitrogens with zero attached hydrogens (tertiary/aromatic N) is 4. The molecule has 0 saturated carbocycles. The highest BCUT2D eigenvalue weighted by Crippen LogP contribution is 2.05. The smallest absolute Gasteiger partial charge is 0.161 e. The summed E-state index contributed by atoms with van der Waals surface area (Å²) in [6.07, 6.45) is 0. The Morgan fingerprint density at radius 3 is 2.71 bits per heavy atom. The molecule has 0 unspecified atom stereocenters. The van der Waals surface area contributed by atoms with Gasteiger partial charge < -0.3 is 0 Å². The zero-order chi connectivity index (χ0) is 9.80. The molecular weight excluding hydrogens is 291 g/mol. The van der Waals surface area contributed by atoms with Gasteiger partial charge in [0.15, 0.2) is 5.82 Å². The van der Waals surface area contributed by atoms with Gasteiger partial charge in [-0.1, -0.05) is 52.9 Å². The fraction of sp³-hybridized carbons (Fsp3) is 0.222. The maximum atomic E-state index is 3.93. The Labute approximate surface area is 95.5 Å². The zero-order valence-electron chi connectivity index (χ0n) is 7.47. The standard InChI is InChI=1S/C9H9IN4/c10-6-9-11-12-13-14(9)7-8-4-2-1-3-5-8/h1-5H,6-7H2. The zero-order valence-corrected chi connectivity index (χ0v) is 9.63. The molecule has 72 valence electrons. The van der Waals surface area contributed by atoms with Gasteiger partial charge in [0.25, 0.3) is 0 Å². The molecule has 14 heavy (non-hydrogen) atoms. The van der Waals surface area contributed by atoms with Crippen molar-refractivity contribution in [3.8, 4) is 0 Å². The maximum Gasteiger partial charge on any atom is 0.161 e. The summed E-state index contributed by atoms with van der Waals surface area (Å²) in [6, 6.07) is 10.2. The number of aromatic nitrogens is 4. The Morgan fingerprint density at radius 2 is 2.00 bits per heavy atom. The molecule has 0 N–H and O–H groups in total. The Bertz CT molecular complexity index is 398. The second-order valence-electron chi connectivity index (χ2n) is 2.87. The number of tetrazole rings is 1. The summed E-state index contributed by atoms with van der Waals surface area (Å²) in [5, 5.41) is 11.5. The lowest BCUT2D eigenvalue weighted by Gasteiger charge is -2.01. The Morgan fingerprint density at radius 1 is 1.21 bits per heavy atom. The lowest BCUT2D eigenvalue weighted by Crippen LogP contribution is -2.05. The van der Waals surface area contributed by atoms with Crippen molar-refractivity contribution in [1.29, 1.82) is 0 Å². The summed E-state index contributed by atoms with van der Waals surface area (Å²) < 4.78 is 2.65. The van der Waals surface area contributed by atoms with Crippen LogP contribution in [0.5, 0.6) is 0 Å². The number of alkyl halides is 1. The molecule has 5 heteroatoms. The number of hydrogen-bond donors (Lipinski definition) is 0. The first kappa shape index (κ1) is 9.57. The predicted molar refractivity (Wildman–Crippen MR) is 61.1 cm³/mol. The summed E-state index contributed by atoms with van der Waals surface area (Å²) >= 11 is 2.25. The van der Waals surface area contributed by atoms with Gasteiger partial charge in [-0.15, -0.1) is 5.10 Å². The highest BCUT2D eigenvalue weighted by atomic mass is 127. The highest BCUT2D eigenvalue weighted by molar-refractivity contribution is 14.1. The lowest BCUT2D eigenvalue weighted by atomic mass is 10.2. The van der Waals surface area contributed by atoms with Gasteiger partial charge in [-0.2, -0.15) is 0 Å². The van der Waals surface area contributed by atoms with Gasteiger partial charge in [-0.3, -0.25) is 0 Å². The first-order chi connectivity index (χ1) is 6.90. The number of hydrogen-bond acceptors (Lipinski definition) is 3. The van der Waals surface area contributed by atoms with Crippen LogP contribution in [0.15, 0.2) is 30.3 Å².